The summed E-state index contributed by atoms with van der Waals surface area (Å²) in [5.41, 5.74) is 0.613. The van der Waals surface area contributed by atoms with Crippen molar-refractivity contribution >= 4 is 11.6 Å². The zero-order valence-electron chi connectivity index (χ0n) is 11.1. The van der Waals surface area contributed by atoms with Crippen molar-refractivity contribution in [3.05, 3.63) is 5.82 Å². The second-order valence-electron chi connectivity index (χ2n) is 4.53. The normalized spacial score (nSPS) is 17.7. The maximum absolute atomic E-state index is 5.34. The van der Waals surface area contributed by atoms with Gasteiger partial charge in [-0.3, -0.25) is 4.99 Å². The van der Waals surface area contributed by atoms with E-state index in [0.29, 0.717) is 29.3 Å². The third kappa shape index (κ3) is 2.40. The van der Waals surface area contributed by atoms with E-state index < -0.39 is 0 Å². The van der Waals surface area contributed by atoms with Gasteiger partial charge in [-0.1, -0.05) is 0 Å². The predicted molar refractivity (Wildman–Crippen MR) is 71.0 cm³/mol. The van der Waals surface area contributed by atoms with Crippen molar-refractivity contribution in [2.45, 2.75) is 18.8 Å². The third-order valence-electron chi connectivity index (χ3n) is 3.11. The largest absolute Gasteiger partial charge is 0.479 e. The molecule has 19 heavy (non-hydrogen) atoms. The summed E-state index contributed by atoms with van der Waals surface area (Å²) in [6.45, 7) is 1.59. The molecule has 1 fully saturated rings. The van der Waals surface area contributed by atoms with E-state index in [1.54, 1.807) is 14.2 Å². The van der Waals surface area contributed by atoms with Crippen LogP contribution in [0.15, 0.2) is 4.99 Å². The first kappa shape index (κ1) is 12.0. The fourth-order valence-corrected chi connectivity index (χ4v) is 1.96. The van der Waals surface area contributed by atoms with Gasteiger partial charge in [0.15, 0.2) is 11.6 Å². The highest BCUT2D eigenvalue weighted by Gasteiger charge is 2.29. The Kier molecular flexibility index (Phi) is 3.10. The van der Waals surface area contributed by atoms with E-state index in [9.17, 15) is 0 Å². The third-order valence-corrected chi connectivity index (χ3v) is 3.11. The lowest BCUT2D eigenvalue weighted by atomic mass is 10.3. The van der Waals surface area contributed by atoms with Crippen molar-refractivity contribution in [1.82, 2.24) is 15.3 Å². The molecular formula is C12H17N5O2. The SMILES string of the molecule is COc1nc(C2CC2)nc(OC)c1NC1=NCCN1. The Morgan fingerprint density at radius 3 is 2.32 bits per heavy atom. The Labute approximate surface area is 111 Å². The number of methoxy groups -OCH3 is 2. The number of hydrogen-bond acceptors (Lipinski definition) is 7. The van der Waals surface area contributed by atoms with Gasteiger partial charge in [-0.15, -0.1) is 0 Å². The van der Waals surface area contributed by atoms with Crippen LogP contribution in [-0.2, 0) is 0 Å². The maximum atomic E-state index is 5.34. The van der Waals surface area contributed by atoms with Gasteiger partial charge in [0, 0.05) is 12.5 Å². The van der Waals surface area contributed by atoms with Crippen LogP contribution >= 0.6 is 0 Å². The number of anilines is 1. The fraction of sp³-hybridized carbons (Fsp3) is 0.583. The molecule has 0 spiro atoms. The van der Waals surface area contributed by atoms with E-state index in [2.05, 4.69) is 25.6 Å². The second kappa shape index (κ2) is 4.91. The number of aliphatic imine (C=N–C) groups is 1. The number of nitrogens with zero attached hydrogens (tertiary/aromatic N) is 3. The zero-order valence-corrected chi connectivity index (χ0v) is 11.1. The summed E-state index contributed by atoms with van der Waals surface area (Å²) in [4.78, 5) is 13.2. The summed E-state index contributed by atoms with van der Waals surface area (Å²) in [5, 5.41) is 6.26. The van der Waals surface area contributed by atoms with Crippen molar-refractivity contribution in [1.29, 1.82) is 0 Å². The molecule has 0 unspecified atom stereocenters. The van der Waals surface area contributed by atoms with Crippen molar-refractivity contribution in [2.75, 3.05) is 32.6 Å². The van der Waals surface area contributed by atoms with Gasteiger partial charge in [0.2, 0.25) is 11.8 Å². The van der Waals surface area contributed by atoms with Crippen molar-refractivity contribution < 1.29 is 9.47 Å². The smallest absolute Gasteiger partial charge is 0.245 e. The number of hydrogen-bond donors (Lipinski definition) is 2. The lowest BCUT2D eigenvalue weighted by Gasteiger charge is -2.14. The van der Waals surface area contributed by atoms with Crippen LogP contribution in [-0.4, -0.2) is 43.2 Å². The minimum Gasteiger partial charge on any atom is -0.479 e. The molecule has 1 aliphatic heterocycles. The van der Waals surface area contributed by atoms with E-state index >= 15 is 0 Å². The molecule has 2 aliphatic rings. The van der Waals surface area contributed by atoms with Crippen LogP contribution < -0.4 is 20.1 Å². The molecule has 1 saturated carbocycles. The highest BCUT2D eigenvalue weighted by Crippen LogP contribution is 2.41. The summed E-state index contributed by atoms with van der Waals surface area (Å²) in [6, 6.07) is 0. The lowest BCUT2D eigenvalue weighted by molar-refractivity contribution is 0.372. The molecule has 0 atom stereocenters. The predicted octanol–water partition coefficient (Wildman–Crippen LogP) is 0.742. The van der Waals surface area contributed by atoms with Crippen LogP contribution in [0.5, 0.6) is 11.8 Å². The summed E-state index contributed by atoms with van der Waals surface area (Å²) >= 11 is 0. The fourth-order valence-electron chi connectivity index (χ4n) is 1.96. The molecule has 0 saturated heterocycles. The average Bonchev–Trinajstić information content (AvgIpc) is 3.17. The highest BCUT2D eigenvalue weighted by atomic mass is 16.5. The number of aromatic nitrogens is 2. The molecule has 7 heteroatoms. The van der Waals surface area contributed by atoms with Gasteiger partial charge in [-0.05, 0) is 12.8 Å². The van der Waals surface area contributed by atoms with E-state index in [0.717, 1.165) is 31.8 Å². The lowest BCUT2D eigenvalue weighted by Crippen LogP contribution is -2.27. The Morgan fingerprint density at radius 2 is 1.84 bits per heavy atom. The molecule has 1 aromatic heterocycles. The first-order valence-electron chi connectivity index (χ1n) is 6.37. The van der Waals surface area contributed by atoms with Crippen LogP contribution in [0.1, 0.15) is 24.6 Å². The molecular weight excluding hydrogens is 246 g/mol. The molecule has 2 heterocycles. The Hall–Kier alpha value is -2.05. The Bertz CT molecular complexity index is 488. The van der Waals surface area contributed by atoms with Gasteiger partial charge < -0.3 is 20.1 Å². The van der Waals surface area contributed by atoms with Crippen LogP contribution in [0.3, 0.4) is 0 Å². The first-order valence-corrected chi connectivity index (χ1v) is 6.37. The molecule has 0 radical (unpaired) electrons. The van der Waals surface area contributed by atoms with E-state index in [1.807, 2.05) is 0 Å². The number of rotatable bonds is 4. The number of nitrogens with one attached hydrogen (secondary N) is 2. The van der Waals surface area contributed by atoms with Crippen LogP contribution in [0.25, 0.3) is 0 Å². The molecule has 0 amide bonds. The molecule has 0 bridgehead atoms. The number of guanidine groups is 1. The molecule has 7 nitrogen and oxygen atoms in total. The second-order valence-corrected chi connectivity index (χ2v) is 4.53. The van der Waals surface area contributed by atoms with Crippen molar-refractivity contribution in [3.63, 3.8) is 0 Å². The van der Waals surface area contributed by atoms with Gasteiger partial charge in [0.25, 0.3) is 0 Å². The van der Waals surface area contributed by atoms with Crippen LogP contribution in [0.2, 0.25) is 0 Å². The first-order chi connectivity index (χ1) is 9.31. The molecule has 1 aromatic rings. The van der Waals surface area contributed by atoms with E-state index in [4.69, 9.17) is 9.47 Å². The van der Waals surface area contributed by atoms with E-state index in [1.165, 1.54) is 0 Å². The number of ether oxygens (including phenoxy) is 2. The minimum atomic E-state index is 0.443. The summed E-state index contributed by atoms with van der Waals surface area (Å²) in [7, 11) is 3.18. The van der Waals surface area contributed by atoms with Crippen LogP contribution in [0, 0.1) is 0 Å². The molecule has 102 valence electrons. The summed E-state index contributed by atoms with van der Waals surface area (Å²) in [5.74, 6) is 2.91. The summed E-state index contributed by atoms with van der Waals surface area (Å²) < 4.78 is 10.7. The van der Waals surface area contributed by atoms with Gasteiger partial charge in [-0.2, -0.15) is 9.97 Å². The van der Waals surface area contributed by atoms with Gasteiger partial charge in [0.05, 0.1) is 20.8 Å². The van der Waals surface area contributed by atoms with Crippen LogP contribution in [0.4, 0.5) is 5.69 Å². The zero-order chi connectivity index (χ0) is 13.2. The Balaban J connectivity index is 1.95. The quantitative estimate of drug-likeness (QED) is 0.834. The maximum Gasteiger partial charge on any atom is 0.245 e. The minimum absolute atomic E-state index is 0.443. The van der Waals surface area contributed by atoms with Gasteiger partial charge in [-0.25, -0.2) is 0 Å². The molecule has 1 aliphatic carbocycles. The van der Waals surface area contributed by atoms with Gasteiger partial charge in [0.1, 0.15) is 5.82 Å². The molecule has 2 N–H and O–H groups in total. The molecule has 3 rings (SSSR count). The monoisotopic (exact) mass is 263 g/mol. The topological polar surface area (TPSA) is 80.7 Å². The summed E-state index contributed by atoms with van der Waals surface area (Å²) in [6.07, 6.45) is 2.26. The standard InChI is InChI=1S/C12H17N5O2/c1-18-10-8(15-12-13-5-6-14-12)11(19-2)17-9(16-10)7-3-4-7/h7H,3-6H2,1-2H3,(H2,13,14,15). The van der Waals surface area contributed by atoms with Crippen molar-refractivity contribution in [3.8, 4) is 11.8 Å². The average molecular weight is 263 g/mol. The van der Waals surface area contributed by atoms with Gasteiger partial charge >= 0.3 is 0 Å². The Morgan fingerprint density at radius 1 is 1.16 bits per heavy atom. The van der Waals surface area contributed by atoms with E-state index in [-0.39, 0.29) is 0 Å². The van der Waals surface area contributed by atoms with Crippen molar-refractivity contribution in [2.24, 2.45) is 4.99 Å². The highest BCUT2D eigenvalue weighted by molar-refractivity contribution is 5.96. The molecule has 0 aromatic carbocycles.